The molecule has 7 aromatic carbocycles. The molecule has 4 nitrogen and oxygen atoms in total. The topological polar surface area (TPSA) is 51.8 Å². The van der Waals surface area contributed by atoms with Gasteiger partial charge < -0.3 is 4.42 Å². The van der Waals surface area contributed by atoms with Crippen LogP contribution in [0.2, 0.25) is 0 Å². The maximum atomic E-state index is 6.51. The van der Waals surface area contributed by atoms with Crippen LogP contribution in [0, 0.1) is 0 Å². The van der Waals surface area contributed by atoms with E-state index in [1.807, 2.05) is 84.9 Å². The lowest BCUT2D eigenvalue weighted by Crippen LogP contribution is -2.00. The average Bonchev–Trinajstić information content (AvgIpc) is 3.57. The Morgan fingerprint density at radius 1 is 0.306 bits per heavy atom. The van der Waals surface area contributed by atoms with Gasteiger partial charge in [0.25, 0.3) is 0 Å². The molecule has 0 bridgehead atoms. The van der Waals surface area contributed by atoms with Crippen molar-refractivity contribution in [2.45, 2.75) is 0 Å². The van der Waals surface area contributed by atoms with Crippen LogP contribution >= 0.6 is 0 Å². The van der Waals surface area contributed by atoms with Gasteiger partial charge in [0.15, 0.2) is 17.5 Å². The van der Waals surface area contributed by atoms with Crippen LogP contribution in [-0.2, 0) is 0 Å². The standard InChI is InChI=1S/C45H29N3O/c1-4-14-30(15-5-1)33-20-12-21-34(26-33)35-22-13-23-36(27-35)37-28-39(42-38-24-10-11-25-40(38)49-41(42)29-37)45-47-43(31-16-6-2-7-17-31)46-44(48-45)32-18-8-3-9-19-32/h1-29H. The highest BCUT2D eigenvalue weighted by Crippen LogP contribution is 2.40. The molecule has 0 radical (unpaired) electrons. The molecule has 0 unspecified atom stereocenters. The van der Waals surface area contributed by atoms with Crippen LogP contribution in [0.1, 0.15) is 0 Å². The molecule has 0 amide bonds. The normalized spacial score (nSPS) is 11.3. The lowest BCUT2D eigenvalue weighted by molar-refractivity contribution is 0.669. The quantitative estimate of drug-likeness (QED) is 0.184. The van der Waals surface area contributed by atoms with E-state index in [9.17, 15) is 0 Å². The Labute approximate surface area is 284 Å². The number of aromatic nitrogens is 3. The molecular formula is C45H29N3O. The molecule has 49 heavy (non-hydrogen) atoms. The van der Waals surface area contributed by atoms with Gasteiger partial charge in [-0.15, -0.1) is 0 Å². The van der Waals surface area contributed by atoms with Crippen LogP contribution < -0.4 is 0 Å². The predicted molar refractivity (Wildman–Crippen MR) is 200 cm³/mol. The van der Waals surface area contributed by atoms with Crippen LogP contribution in [0.3, 0.4) is 0 Å². The number of benzene rings is 7. The minimum Gasteiger partial charge on any atom is -0.456 e. The van der Waals surface area contributed by atoms with Crippen molar-refractivity contribution >= 4 is 21.9 Å². The van der Waals surface area contributed by atoms with Crippen molar-refractivity contribution in [3.63, 3.8) is 0 Å². The van der Waals surface area contributed by atoms with Gasteiger partial charge in [0.1, 0.15) is 11.2 Å². The molecule has 0 aliphatic carbocycles. The molecule has 0 aliphatic rings. The first-order valence-corrected chi connectivity index (χ1v) is 16.4. The number of rotatable bonds is 6. The van der Waals surface area contributed by atoms with E-state index in [0.717, 1.165) is 60.9 Å². The Morgan fingerprint density at radius 2 is 0.755 bits per heavy atom. The number of hydrogen-bond acceptors (Lipinski definition) is 4. The van der Waals surface area contributed by atoms with Crippen molar-refractivity contribution in [2.24, 2.45) is 0 Å². The van der Waals surface area contributed by atoms with Gasteiger partial charge in [0.2, 0.25) is 0 Å². The molecule has 9 aromatic rings. The monoisotopic (exact) mass is 627 g/mol. The minimum atomic E-state index is 0.595. The smallest absolute Gasteiger partial charge is 0.164 e. The summed E-state index contributed by atoms with van der Waals surface area (Å²) >= 11 is 0. The van der Waals surface area contributed by atoms with Gasteiger partial charge >= 0.3 is 0 Å². The number of para-hydroxylation sites is 1. The summed E-state index contributed by atoms with van der Waals surface area (Å²) in [5.41, 5.74) is 11.1. The third kappa shape index (κ3) is 5.45. The van der Waals surface area contributed by atoms with Crippen LogP contribution in [-0.4, -0.2) is 15.0 Å². The Kier molecular flexibility index (Phi) is 7.10. The second kappa shape index (κ2) is 12.2. The first-order valence-electron chi connectivity index (χ1n) is 16.4. The molecule has 230 valence electrons. The molecule has 2 aromatic heterocycles. The molecule has 0 spiro atoms. The van der Waals surface area contributed by atoms with E-state index < -0.39 is 0 Å². The van der Waals surface area contributed by atoms with E-state index in [4.69, 9.17) is 19.4 Å². The van der Waals surface area contributed by atoms with Gasteiger partial charge in [-0.1, -0.05) is 146 Å². The fourth-order valence-electron chi connectivity index (χ4n) is 6.51. The maximum absolute atomic E-state index is 6.51. The number of hydrogen-bond donors (Lipinski definition) is 0. The van der Waals surface area contributed by atoms with Gasteiger partial charge in [-0.25, -0.2) is 15.0 Å². The molecule has 2 heterocycles. The second-order valence-corrected chi connectivity index (χ2v) is 12.1. The highest BCUT2D eigenvalue weighted by molar-refractivity contribution is 6.13. The summed E-state index contributed by atoms with van der Waals surface area (Å²) < 4.78 is 6.51. The van der Waals surface area contributed by atoms with Gasteiger partial charge in [-0.05, 0) is 63.7 Å². The lowest BCUT2D eigenvalue weighted by atomic mass is 9.94. The maximum Gasteiger partial charge on any atom is 0.164 e. The molecule has 0 N–H and O–H groups in total. The van der Waals surface area contributed by atoms with E-state index in [0.29, 0.717) is 17.5 Å². The van der Waals surface area contributed by atoms with E-state index in [2.05, 4.69) is 91.0 Å². The largest absolute Gasteiger partial charge is 0.456 e. The summed E-state index contributed by atoms with van der Waals surface area (Å²) in [6.45, 7) is 0. The van der Waals surface area contributed by atoms with Gasteiger partial charge in [-0.3, -0.25) is 0 Å². The van der Waals surface area contributed by atoms with Crippen molar-refractivity contribution in [1.29, 1.82) is 0 Å². The van der Waals surface area contributed by atoms with Crippen LogP contribution in [0.5, 0.6) is 0 Å². The van der Waals surface area contributed by atoms with Crippen molar-refractivity contribution in [1.82, 2.24) is 15.0 Å². The van der Waals surface area contributed by atoms with E-state index in [-0.39, 0.29) is 0 Å². The summed E-state index contributed by atoms with van der Waals surface area (Å²) in [6, 6.07) is 60.5. The number of nitrogens with zero attached hydrogens (tertiary/aromatic N) is 3. The summed E-state index contributed by atoms with van der Waals surface area (Å²) in [5, 5.41) is 2.00. The second-order valence-electron chi connectivity index (χ2n) is 12.1. The summed E-state index contributed by atoms with van der Waals surface area (Å²) in [5.74, 6) is 1.84. The van der Waals surface area contributed by atoms with Gasteiger partial charge in [-0.2, -0.15) is 0 Å². The van der Waals surface area contributed by atoms with Crippen LogP contribution in [0.4, 0.5) is 0 Å². The van der Waals surface area contributed by atoms with Crippen molar-refractivity contribution in [2.75, 3.05) is 0 Å². The summed E-state index contributed by atoms with van der Waals surface area (Å²) in [4.78, 5) is 15.2. The molecular weight excluding hydrogens is 599 g/mol. The Morgan fingerprint density at radius 3 is 1.35 bits per heavy atom. The first-order chi connectivity index (χ1) is 24.3. The zero-order valence-corrected chi connectivity index (χ0v) is 26.5. The zero-order chi connectivity index (χ0) is 32.6. The minimum absolute atomic E-state index is 0.595. The Balaban J connectivity index is 1.24. The molecule has 4 heteroatoms. The average molecular weight is 628 g/mol. The number of fused-ring (bicyclic) bond motifs is 3. The fourth-order valence-corrected chi connectivity index (χ4v) is 6.51. The van der Waals surface area contributed by atoms with Gasteiger partial charge in [0, 0.05) is 27.5 Å². The highest BCUT2D eigenvalue weighted by Gasteiger charge is 2.20. The van der Waals surface area contributed by atoms with E-state index in [1.165, 1.54) is 11.1 Å². The Bertz CT molecular complexity index is 2540. The van der Waals surface area contributed by atoms with Crippen molar-refractivity contribution in [3.8, 4) is 67.5 Å². The van der Waals surface area contributed by atoms with Crippen LogP contribution in [0.25, 0.3) is 89.5 Å². The molecule has 0 aliphatic heterocycles. The Hall–Kier alpha value is -6.65. The van der Waals surface area contributed by atoms with Gasteiger partial charge in [0.05, 0.1) is 0 Å². The third-order valence-electron chi connectivity index (χ3n) is 8.92. The molecule has 9 rings (SSSR count). The molecule has 0 fully saturated rings. The third-order valence-corrected chi connectivity index (χ3v) is 8.92. The summed E-state index contributed by atoms with van der Waals surface area (Å²) in [7, 11) is 0. The molecule has 0 saturated heterocycles. The SMILES string of the molecule is c1ccc(-c2cccc(-c3cccc(-c4cc(-c5nc(-c6ccccc6)nc(-c6ccccc6)n5)c5c(c4)oc4ccccc45)c3)c2)cc1. The van der Waals surface area contributed by atoms with E-state index in [1.54, 1.807) is 0 Å². The molecule has 0 saturated carbocycles. The fraction of sp³-hybridized carbons (Fsp3) is 0. The predicted octanol–water partition coefficient (Wildman–Crippen LogP) is 11.8. The van der Waals surface area contributed by atoms with Crippen molar-refractivity contribution < 1.29 is 4.42 Å². The summed E-state index contributed by atoms with van der Waals surface area (Å²) in [6.07, 6.45) is 0. The van der Waals surface area contributed by atoms with Crippen molar-refractivity contribution in [3.05, 3.63) is 176 Å². The number of furan rings is 1. The molecule has 0 atom stereocenters. The highest BCUT2D eigenvalue weighted by atomic mass is 16.3. The van der Waals surface area contributed by atoms with Crippen LogP contribution in [0.15, 0.2) is 180 Å². The zero-order valence-electron chi connectivity index (χ0n) is 26.5. The first kappa shape index (κ1) is 28.6. The van der Waals surface area contributed by atoms with E-state index >= 15 is 0 Å². The lowest BCUT2D eigenvalue weighted by Gasteiger charge is -2.12.